The fourth-order valence-corrected chi connectivity index (χ4v) is 3.58. The smallest absolute Gasteiger partial charge is 0.411 e. The summed E-state index contributed by atoms with van der Waals surface area (Å²) in [6.45, 7) is 7.63. The molecule has 0 aromatic rings. The van der Waals surface area contributed by atoms with Crippen molar-refractivity contribution in [3.63, 3.8) is 0 Å². The lowest BCUT2D eigenvalue weighted by atomic mass is 9.86. The molecule has 1 heterocycles. The van der Waals surface area contributed by atoms with E-state index in [2.05, 4.69) is 0 Å². The predicted octanol–water partition coefficient (Wildman–Crippen LogP) is 2.27. The Hall–Kier alpha value is -1.30. The van der Waals surface area contributed by atoms with Gasteiger partial charge in [-0.25, -0.2) is 9.59 Å². The third kappa shape index (κ3) is 2.50. The number of carbonyl (C=O) groups excluding carboxylic acids is 1. The van der Waals surface area contributed by atoms with E-state index in [4.69, 9.17) is 9.47 Å². The summed E-state index contributed by atoms with van der Waals surface area (Å²) >= 11 is 0. The molecule has 120 valence electrons. The van der Waals surface area contributed by atoms with Crippen LogP contribution in [0.4, 0.5) is 4.79 Å². The van der Waals surface area contributed by atoms with Crippen molar-refractivity contribution < 1.29 is 24.2 Å². The van der Waals surface area contributed by atoms with Gasteiger partial charge < -0.3 is 14.6 Å². The van der Waals surface area contributed by atoms with Gasteiger partial charge in [-0.3, -0.25) is 4.90 Å². The number of amides is 1. The highest BCUT2D eigenvalue weighted by Crippen LogP contribution is 2.64. The van der Waals surface area contributed by atoms with Gasteiger partial charge in [0.25, 0.3) is 0 Å². The molecule has 0 spiro atoms. The van der Waals surface area contributed by atoms with Gasteiger partial charge in [0.2, 0.25) is 0 Å². The fraction of sp³-hybridized carbons (Fsp3) is 0.867. The molecule has 1 saturated heterocycles. The second-order valence-electron chi connectivity index (χ2n) is 7.23. The van der Waals surface area contributed by atoms with E-state index in [0.717, 1.165) is 6.42 Å². The first-order chi connectivity index (χ1) is 9.62. The van der Waals surface area contributed by atoms with E-state index in [1.165, 1.54) is 4.90 Å². The van der Waals surface area contributed by atoms with Crippen LogP contribution in [-0.4, -0.2) is 53.0 Å². The van der Waals surface area contributed by atoms with Crippen LogP contribution < -0.4 is 0 Å². The van der Waals surface area contributed by atoms with E-state index < -0.39 is 23.2 Å². The van der Waals surface area contributed by atoms with Gasteiger partial charge in [0, 0.05) is 18.6 Å². The monoisotopic (exact) mass is 299 g/mol. The fourth-order valence-electron chi connectivity index (χ4n) is 3.58. The number of likely N-dealkylation sites (tertiary alicyclic amines) is 1. The molecule has 2 aliphatic rings. The van der Waals surface area contributed by atoms with Crippen molar-refractivity contribution in [2.45, 2.75) is 64.1 Å². The van der Waals surface area contributed by atoms with E-state index in [9.17, 15) is 14.7 Å². The van der Waals surface area contributed by atoms with Gasteiger partial charge in [-0.2, -0.15) is 0 Å². The number of aliphatic carboxylic acids is 1. The van der Waals surface area contributed by atoms with Crippen LogP contribution in [-0.2, 0) is 14.3 Å². The lowest BCUT2D eigenvalue weighted by Crippen LogP contribution is -2.55. The number of hydrogen-bond donors (Lipinski definition) is 1. The third-order valence-electron chi connectivity index (χ3n) is 4.57. The van der Waals surface area contributed by atoms with E-state index in [1.807, 2.05) is 0 Å². The zero-order chi connectivity index (χ0) is 16.1. The van der Waals surface area contributed by atoms with Gasteiger partial charge >= 0.3 is 12.1 Å². The van der Waals surface area contributed by atoms with Crippen molar-refractivity contribution in [3.8, 4) is 0 Å². The molecule has 3 atom stereocenters. The molecule has 0 aromatic carbocycles. The molecule has 6 heteroatoms. The first kappa shape index (κ1) is 16.1. The van der Waals surface area contributed by atoms with Crippen LogP contribution in [0.2, 0.25) is 0 Å². The second kappa shape index (κ2) is 4.87. The van der Waals surface area contributed by atoms with Crippen molar-refractivity contribution in [1.82, 2.24) is 4.90 Å². The van der Waals surface area contributed by atoms with Crippen molar-refractivity contribution in [3.05, 3.63) is 0 Å². The minimum absolute atomic E-state index is 0.0941. The minimum Gasteiger partial charge on any atom is -0.479 e. The number of piperidine rings is 1. The first-order valence-corrected chi connectivity index (χ1v) is 7.36. The molecule has 0 radical (unpaired) electrons. The molecular weight excluding hydrogens is 274 g/mol. The molecule has 0 unspecified atom stereocenters. The molecule has 1 amide bonds. The average molecular weight is 299 g/mol. The lowest BCUT2D eigenvalue weighted by molar-refractivity contribution is -0.151. The Kier molecular flexibility index (Phi) is 3.72. The summed E-state index contributed by atoms with van der Waals surface area (Å²) in [6, 6.07) is -0.0941. The number of hydrogen-bond acceptors (Lipinski definition) is 4. The number of ether oxygens (including phenoxy) is 2. The summed E-state index contributed by atoms with van der Waals surface area (Å²) in [5.41, 5.74) is -2.04. The van der Waals surface area contributed by atoms with E-state index in [1.54, 1.807) is 34.8 Å². The number of rotatable bonds is 4. The topological polar surface area (TPSA) is 76.1 Å². The van der Waals surface area contributed by atoms with Crippen LogP contribution >= 0.6 is 0 Å². The molecule has 0 bridgehead atoms. The van der Waals surface area contributed by atoms with E-state index in [0.29, 0.717) is 19.4 Å². The quantitative estimate of drug-likeness (QED) is 0.861. The SMILES string of the molecule is CC[C@@]1(C(=O)O)C[C@]2(COC)C[C@@H]2N1C(=O)OC(C)(C)C. The standard InChI is InChI=1S/C15H25NO5/c1-6-15(11(17)18)8-14(9-20-5)7-10(14)16(15)12(19)21-13(2,3)4/h10H,6-9H2,1-5H3,(H,17,18)/t10-,14-,15-/m0/s1. The first-order valence-electron chi connectivity index (χ1n) is 7.36. The van der Waals surface area contributed by atoms with Crippen LogP contribution in [0.3, 0.4) is 0 Å². The van der Waals surface area contributed by atoms with Crippen LogP contribution in [0.15, 0.2) is 0 Å². The molecule has 21 heavy (non-hydrogen) atoms. The Morgan fingerprint density at radius 2 is 2.00 bits per heavy atom. The highest BCUT2D eigenvalue weighted by atomic mass is 16.6. The van der Waals surface area contributed by atoms with Gasteiger partial charge in [0.1, 0.15) is 11.1 Å². The zero-order valence-corrected chi connectivity index (χ0v) is 13.4. The van der Waals surface area contributed by atoms with Crippen LogP contribution in [0.1, 0.15) is 47.0 Å². The van der Waals surface area contributed by atoms with Crippen LogP contribution in [0.25, 0.3) is 0 Å². The van der Waals surface area contributed by atoms with E-state index in [-0.39, 0.29) is 11.5 Å². The Morgan fingerprint density at radius 1 is 1.38 bits per heavy atom. The van der Waals surface area contributed by atoms with Crippen LogP contribution in [0.5, 0.6) is 0 Å². The molecule has 2 rings (SSSR count). The largest absolute Gasteiger partial charge is 0.479 e. The summed E-state index contributed by atoms with van der Waals surface area (Å²) in [6.07, 6.45) is 1.05. The van der Waals surface area contributed by atoms with Gasteiger partial charge in [0.05, 0.1) is 6.61 Å². The maximum Gasteiger partial charge on any atom is 0.411 e. The molecule has 1 N–H and O–H groups in total. The maximum absolute atomic E-state index is 12.5. The Bertz CT molecular complexity index is 457. The summed E-state index contributed by atoms with van der Waals surface area (Å²) in [4.78, 5) is 25.8. The van der Waals surface area contributed by atoms with Crippen LogP contribution in [0, 0.1) is 5.41 Å². The summed E-state index contributed by atoms with van der Waals surface area (Å²) < 4.78 is 10.7. The summed E-state index contributed by atoms with van der Waals surface area (Å²) in [5, 5.41) is 9.71. The average Bonchev–Trinajstić information content (AvgIpc) is 2.92. The third-order valence-corrected chi connectivity index (χ3v) is 4.57. The normalized spacial score (nSPS) is 34.5. The number of carbonyl (C=O) groups is 2. The highest BCUT2D eigenvalue weighted by Gasteiger charge is 2.73. The van der Waals surface area contributed by atoms with Crippen molar-refractivity contribution in [2.75, 3.05) is 13.7 Å². The summed E-state index contributed by atoms with van der Waals surface area (Å²) in [5.74, 6) is -0.960. The number of nitrogens with zero attached hydrogens (tertiary/aromatic N) is 1. The number of methoxy groups -OCH3 is 1. The molecular formula is C15H25NO5. The number of fused-ring (bicyclic) bond motifs is 1. The second-order valence-corrected chi connectivity index (χ2v) is 7.23. The highest BCUT2D eigenvalue weighted by molar-refractivity contribution is 5.86. The van der Waals surface area contributed by atoms with Gasteiger partial charge in [-0.05, 0) is 40.0 Å². The van der Waals surface area contributed by atoms with Crippen molar-refractivity contribution in [2.24, 2.45) is 5.41 Å². The molecule has 1 aliphatic heterocycles. The van der Waals surface area contributed by atoms with E-state index >= 15 is 0 Å². The zero-order valence-electron chi connectivity index (χ0n) is 13.4. The Balaban J connectivity index is 2.31. The molecule has 1 aliphatic carbocycles. The molecule has 2 fully saturated rings. The van der Waals surface area contributed by atoms with Crippen molar-refractivity contribution >= 4 is 12.1 Å². The Labute approximate surface area is 125 Å². The number of carboxylic acids is 1. The molecule has 1 saturated carbocycles. The van der Waals surface area contributed by atoms with Gasteiger partial charge in [0.15, 0.2) is 0 Å². The van der Waals surface area contributed by atoms with Gasteiger partial charge in [-0.1, -0.05) is 6.92 Å². The minimum atomic E-state index is -1.18. The molecule has 6 nitrogen and oxygen atoms in total. The maximum atomic E-state index is 12.5. The number of carboxylic acid groups (broad SMARTS) is 1. The predicted molar refractivity (Wildman–Crippen MR) is 76.1 cm³/mol. The Morgan fingerprint density at radius 3 is 2.43 bits per heavy atom. The van der Waals surface area contributed by atoms with Crippen molar-refractivity contribution in [1.29, 1.82) is 0 Å². The molecule has 0 aromatic heterocycles. The summed E-state index contributed by atoms with van der Waals surface area (Å²) in [7, 11) is 1.61. The lowest BCUT2D eigenvalue weighted by Gasteiger charge is -2.37. The van der Waals surface area contributed by atoms with Gasteiger partial charge in [-0.15, -0.1) is 0 Å².